The highest BCUT2D eigenvalue weighted by molar-refractivity contribution is 5.79. The molecule has 5 heteroatoms. The fourth-order valence-electron chi connectivity index (χ4n) is 2.55. The molecular formula is C16H20N2O3. The molecule has 3 heterocycles. The number of amides is 1. The summed E-state index contributed by atoms with van der Waals surface area (Å²) in [6.45, 7) is 4.78. The predicted molar refractivity (Wildman–Crippen MR) is 77.2 cm³/mol. The second-order valence-corrected chi connectivity index (χ2v) is 5.56. The Hall–Kier alpha value is -2.01. The lowest BCUT2D eigenvalue weighted by molar-refractivity contribution is -0.139. The summed E-state index contributed by atoms with van der Waals surface area (Å²) in [5.41, 5.74) is 0. The highest BCUT2D eigenvalue weighted by atomic mass is 16.3. The fourth-order valence-corrected chi connectivity index (χ4v) is 2.55. The lowest BCUT2D eigenvalue weighted by Crippen LogP contribution is -2.50. The fraction of sp³-hybridized carbons (Fsp3) is 0.438. The molecule has 1 N–H and O–H groups in total. The second-order valence-electron chi connectivity index (χ2n) is 5.56. The second kappa shape index (κ2) is 6.18. The third kappa shape index (κ3) is 3.19. The van der Waals surface area contributed by atoms with Crippen LogP contribution in [-0.2, 0) is 17.9 Å². The normalized spacial score (nSPS) is 16.4. The topological polar surface area (TPSA) is 58.6 Å². The Morgan fingerprint density at radius 1 is 1.24 bits per heavy atom. The van der Waals surface area contributed by atoms with E-state index in [2.05, 4.69) is 5.32 Å². The Bertz CT molecular complexity index is 522. The van der Waals surface area contributed by atoms with Crippen molar-refractivity contribution in [1.29, 1.82) is 0 Å². The maximum Gasteiger partial charge on any atom is 0.226 e. The molecule has 5 nitrogen and oxygen atoms in total. The van der Waals surface area contributed by atoms with Crippen LogP contribution in [0.1, 0.15) is 18.4 Å². The Balaban J connectivity index is 1.72. The summed E-state index contributed by atoms with van der Waals surface area (Å²) in [4.78, 5) is 14.6. The van der Waals surface area contributed by atoms with Gasteiger partial charge >= 0.3 is 0 Å². The van der Waals surface area contributed by atoms with E-state index < -0.39 is 0 Å². The van der Waals surface area contributed by atoms with Gasteiger partial charge in [0.1, 0.15) is 11.5 Å². The van der Waals surface area contributed by atoms with Gasteiger partial charge in [-0.15, -0.1) is 0 Å². The molecule has 1 aliphatic heterocycles. The van der Waals surface area contributed by atoms with Crippen LogP contribution in [0.25, 0.3) is 0 Å². The summed E-state index contributed by atoms with van der Waals surface area (Å²) < 4.78 is 10.8. The van der Waals surface area contributed by atoms with Gasteiger partial charge in [0.15, 0.2) is 0 Å². The van der Waals surface area contributed by atoms with Gasteiger partial charge in [-0.25, -0.2) is 0 Å². The van der Waals surface area contributed by atoms with Gasteiger partial charge in [-0.1, -0.05) is 6.92 Å². The SMILES string of the molecule is CC(C(=O)N(Cc1ccco1)Cc1ccco1)C1CNC1. The molecule has 21 heavy (non-hydrogen) atoms. The number of hydrogen-bond donors (Lipinski definition) is 1. The van der Waals surface area contributed by atoms with Crippen LogP contribution in [0.4, 0.5) is 0 Å². The summed E-state index contributed by atoms with van der Waals surface area (Å²) in [5.74, 6) is 2.15. The number of carbonyl (C=O) groups excluding carboxylic acids is 1. The molecule has 2 aromatic heterocycles. The Kier molecular flexibility index (Phi) is 4.10. The lowest BCUT2D eigenvalue weighted by atomic mass is 9.88. The van der Waals surface area contributed by atoms with Crippen LogP contribution < -0.4 is 5.32 Å². The molecule has 0 aromatic carbocycles. The van der Waals surface area contributed by atoms with E-state index in [0.717, 1.165) is 24.6 Å². The molecule has 1 atom stereocenters. The first-order valence-electron chi connectivity index (χ1n) is 7.28. The molecule has 0 spiro atoms. The van der Waals surface area contributed by atoms with Crippen molar-refractivity contribution in [3.05, 3.63) is 48.3 Å². The molecular weight excluding hydrogens is 268 g/mol. The van der Waals surface area contributed by atoms with Crippen molar-refractivity contribution in [3.8, 4) is 0 Å². The van der Waals surface area contributed by atoms with Crippen molar-refractivity contribution >= 4 is 5.91 Å². The van der Waals surface area contributed by atoms with Crippen molar-refractivity contribution in [1.82, 2.24) is 10.2 Å². The molecule has 0 aliphatic carbocycles. The van der Waals surface area contributed by atoms with Crippen LogP contribution in [0, 0.1) is 11.8 Å². The van der Waals surface area contributed by atoms with Crippen molar-refractivity contribution in [3.63, 3.8) is 0 Å². The summed E-state index contributed by atoms with van der Waals surface area (Å²) >= 11 is 0. The van der Waals surface area contributed by atoms with Crippen LogP contribution in [0.15, 0.2) is 45.6 Å². The largest absolute Gasteiger partial charge is 0.467 e. The zero-order chi connectivity index (χ0) is 14.7. The molecule has 1 unspecified atom stereocenters. The first-order chi connectivity index (χ1) is 10.2. The number of rotatable bonds is 6. The van der Waals surface area contributed by atoms with Crippen molar-refractivity contribution in [2.24, 2.45) is 11.8 Å². The minimum absolute atomic E-state index is 0.0103. The molecule has 0 saturated carbocycles. The maximum absolute atomic E-state index is 12.7. The quantitative estimate of drug-likeness (QED) is 0.885. The van der Waals surface area contributed by atoms with Crippen molar-refractivity contribution < 1.29 is 13.6 Å². The van der Waals surface area contributed by atoms with Gasteiger partial charge in [0.2, 0.25) is 5.91 Å². The van der Waals surface area contributed by atoms with Gasteiger partial charge in [-0.05, 0) is 43.3 Å². The third-order valence-electron chi connectivity index (χ3n) is 4.07. The van der Waals surface area contributed by atoms with Crippen LogP contribution in [0.5, 0.6) is 0 Å². The van der Waals surface area contributed by atoms with Crippen molar-refractivity contribution in [2.75, 3.05) is 13.1 Å². The van der Waals surface area contributed by atoms with Gasteiger partial charge in [-0.3, -0.25) is 4.79 Å². The predicted octanol–water partition coefficient (Wildman–Crippen LogP) is 2.26. The summed E-state index contributed by atoms with van der Waals surface area (Å²) in [6.07, 6.45) is 3.26. The highest BCUT2D eigenvalue weighted by Gasteiger charge is 2.32. The molecule has 1 saturated heterocycles. The standard InChI is InChI=1S/C16H20N2O3/c1-12(13-8-17-9-13)16(19)18(10-14-4-2-6-20-14)11-15-5-3-7-21-15/h2-7,12-13,17H,8-11H2,1H3. The minimum Gasteiger partial charge on any atom is -0.467 e. The van der Waals surface area contributed by atoms with E-state index in [1.165, 1.54) is 0 Å². The average molecular weight is 288 g/mol. The van der Waals surface area contributed by atoms with Gasteiger partial charge in [0.25, 0.3) is 0 Å². The summed E-state index contributed by atoms with van der Waals surface area (Å²) in [5, 5.41) is 3.22. The van der Waals surface area contributed by atoms with E-state index in [9.17, 15) is 4.79 Å². The number of furan rings is 2. The van der Waals surface area contributed by atoms with E-state index in [1.807, 2.05) is 31.2 Å². The van der Waals surface area contributed by atoms with E-state index in [4.69, 9.17) is 8.83 Å². The van der Waals surface area contributed by atoms with Crippen molar-refractivity contribution in [2.45, 2.75) is 20.0 Å². The Labute approximate surface area is 123 Å². The molecule has 112 valence electrons. The van der Waals surface area contributed by atoms with Crippen LogP contribution in [0.2, 0.25) is 0 Å². The molecule has 1 amide bonds. The average Bonchev–Trinajstić information content (AvgIpc) is 3.08. The monoisotopic (exact) mass is 288 g/mol. The molecule has 1 fully saturated rings. The lowest BCUT2D eigenvalue weighted by Gasteiger charge is -2.34. The summed E-state index contributed by atoms with van der Waals surface area (Å²) in [7, 11) is 0. The van der Waals surface area contributed by atoms with E-state index in [0.29, 0.717) is 19.0 Å². The Morgan fingerprint density at radius 3 is 2.19 bits per heavy atom. The molecule has 3 rings (SSSR count). The number of nitrogens with one attached hydrogen (secondary N) is 1. The van der Waals surface area contributed by atoms with Gasteiger partial charge in [0, 0.05) is 5.92 Å². The molecule has 0 bridgehead atoms. The van der Waals surface area contributed by atoms with Gasteiger partial charge < -0.3 is 19.1 Å². The highest BCUT2D eigenvalue weighted by Crippen LogP contribution is 2.21. The maximum atomic E-state index is 12.7. The number of hydrogen-bond acceptors (Lipinski definition) is 4. The molecule has 1 aliphatic rings. The zero-order valence-corrected chi connectivity index (χ0v) is 12.1. The molecule has 0 radical (unpaired) electrons. The first kappa shape index (κ1) is 13.9. The number of nitrogens with zero attached hydrogens (tertiary/aromatic N) is 1. The third-order valence-corrected chi connectivity index (χ3v) is 4.07. The van der Waals surface area contributed by atoms with Gasteiger partial charge in [-0.2, -0.15) is 0 Å². The molecule has 2 aromatic rings. The van der Waals surface area contributed by atoms with E-state index in [-0.39, 0.29) is 11.8 Å². The van der Waals surface area contributed by atoms with Crippen LogP contribution in [0.3, 0.4) is 0 Å². The van der Waals surface area contributed by atoms with Crippen LogP contribution >= 0.6 is 0 Å². The van der Waals surface area contributed by atoms with E-state index >= 15 is 0 Å². The summed E-state index contributed by atoms with van der Waals surface area (Å²) in [6, 6.07) is 7.45. The van der Waals surface area contributed by atoms with E-state index in [1.54, 1.807) is 17.4 Å². The van der Waals surface area contributed by atoms with Gasteiger partial charge in [0.05, 0.1) is 25.6 Å². The smallest absolute Gasteiger partial charge is 0.226 e. The Morgan fingerprint density at radius 2 is 1.81 bits per heavy atom. The number of carbonyl (C=O) groups is 1. The first-order valence-corrected chi connectivity index (χ1v) is 7.28. The zero-order valence-electron chi connectivity index (χ0n) is 12.1. The van der Waals surface area contributed by atoms with Crippen LogP contribution in [-0.4, -0.2) is 23.9 Å². The minimum atomic E-state index is 0.0103.